The van der Waals surface area contributed by atoms with Crippen LogP contribution in [-0.2, 0) is 0 Å². The molecule has 2 N–H and O–H groups in total. The van der Waals surface area contributed by atoms with Gasteiger partial charge in [0.25, 0.3) is 6.01 Å². The maximum Gasteiger partial charge on any atom is 0.293 e. The molecule has 5 heteroatoms. The molecule has 0 bridgehead atoms. The third-order valence-electron chi connectivity index (χ3n) is 3.14. The lowest BCUT2D eigenvalue weighted by molar-refractivity contribution is 0.626. The monoisotopic (exact) mass is 250 g/mol. The predicted octanol–water partition coefficient (Wildman–Crippen LogP) is 2.72. The number of imidazole rings is 1. The number of aromatic nitrogens is 3. The van der Waals surface area contributed by atoms with Crippen LogP contribution in [0.3, 0.4) is 0 Å². The standard InChI is InChI=1S/C14H10N4O/c15-14-17-13-10(2-1-3-11(13)19-14)9-4-5-12-16-6-7-18(12)8-9/h1-8H,(H2,15,17). The van der Waals surface area contributed by atoms with Gasteiger partial charge in [-0.15, -0.1) is 0 Å². The average Bonchev–Trinajstić information content (AvgIpc) is 3.01. The molecule has 3 aromatic heterocycles. The van der Waals surface area contributed by atoms with Gasteiger partial charge in [-0.1, -0.05) is 12.1 Å². The van der Waals surface area contributed by atoms with Gasteiger partial charge in [-0.3, -0.25) is 0 Å². The van der Waals surface area contributed by atoms with Gasteiger partial charge in [0.1, 0.15) is 11.2 Å². The number of anilines is 1. The van der Waals surface area contributed by atoms with Crippen molar-refractivity contribution in [2.24, 2.45) is 0 Å². The number of nitrogens with zero attached hydrogens (tertiary/aromatic N) is 3. The molecule has 0 saturated heterocycles. The molecule has 0 aliphatic carbocycles. The summed E-state index contributed by atoms with van der Waals surface area (Å²) in [6.45, 7) is 0. The SMILES string of the molecule is Nc1nc2c(-c3ccc4nccn4c3)cccc2o1. The van der Waals surface area contributed by atoms with Gasteiger partial charge >= 0.3 is 0 Å². The van der Waals surface area contributed by atoms with E-state index in [4.69, 9.17) is 10.2 Å². The number of para-hydroxylation sites is 1. The lowest BCUT2D eigenvalue weighted by Crippen LogP contribution is -1.87. The summed E-state index contributed by atoms with van der Waals surface area (Å²) in [7, 11) is 0. The van der Waals surface area contributed by atoms with Crippen LogP contribution in [0, 0.1) is 0 Å². The number of oxazole rings is 1. The molecule has 0 aliphatic heterocycles. The van der Waals surface area contributed by atoms with E-state index in [9.17, 15) is 0 Å². The first kappa shape index (κ1) is 10.1. The number of rotatable bonds is 1. The highest BCUT2D eigenvalue weighted by molar-refractivity contribution is 5.91. The maximum absolute atomic E-state index is 5.62. The van der Waals surface area contributed by atoms with Gasteiger partial charge < -0.3 is 14.6 Å². The van der Waals surface area contributed by atoms with E-state index in [2.05, 4.69) is 9.97 Å². The fourth-order valence-electron chi connectivity index (χ4n) is 2.28. The highest BCUT2D eigenvalue weighted by Gasteiger charge is 2.10. The molecular weight excluding hydrogens is 240 g/mol. The Bertz CT molecular complexity index is 891. The van der Waals surface area contributed by atoms with Gasteiger partial charge in [0, 0.05) is 29.7 Å². The first-order chi connectivity index (χ1) is 9.31. The Labute approximate surface area is 108 Å². The Hall–Kier alpha value is -2.82. The van der Waals surface area contributed by atoms with Gasteiger partial charge in [0.2, 0.25) is 0 Å². The highest BCUT2D eigenvalue weighted by Crippen LogP contribution is 2.29. The van der Waals surface area contributed by atoms with Gasteiger partial charge in [0.05, 0.1) is 0 Å². The largest absolute Gasteiger partial charge is 0.424 e. The highest BCUT2D eigenvalue weighted by atomic mass is 16.4. The summed E-state index contributed by atoms with van der Waals surface area (Å²) >= 11 is 0. The van der Waals surface area contributed by atoms with Gasteiger partial charge in [-0.2, -0.15) is 4.98 Å². The van der Waals surface area contributed by atoms with E-state index in [1.54, 1.807) is 6.20 Å². The molecule has 0 atom stereocenters. The number of hydrogen-bond donors (Lipinski definition) is 1. The van der Waals surface area contributed by atoms with Crippen LogP contribution in [0.15, 0.2) is 53.3 Å². The van der Waals surface area contributed by atoms with Gasteiger partial charge in [0.15, 0.2) is 5.58 Å². The molecule has 0 spiro atoms. The Kier molecular flexibility index (Phi) is 1.91. The van der Waals surface area contributed by atoms with E-state index in [0.29, 0.717) is 5.58 Å². The second-order valence-corrected chi connectivity index (χ2v) is 4.31. The van der Waals surface area contributed by atoms with E-state index in [-0.39, 0.29) is 6.01 Å². The number of benzene rings is 1. The smallest absolute Gasteiger partial charge is 0.293 e. The van der Waals surface area contributed by atoms with Crippen molar-refractivity contribution >= 4 is 22.8 Å². The summed E-state index contributed by atoms with van der Waals surface area (Å²) in [6.07, 6.45) is 5.70. The van der Waals surface area contributed by atoms with E-state index < -0.39 is 0 Å². The second-order valence-electron chi connectivity index (χ2n) is 4.31. The normalized spacial score (nSPS) is 11.4. The molecule has 0 radical (unpaired) electrons. The molecule has 0 unspecified atom stereocenters. The van der Waals surface area contributed by atoms with Crippen molar-refractivity contribution in [3.63, 3.8) is 0 Å². The van der Waals surface area contributed by atoms with Crippen molar-refractivity contribution in [1.29, 1.82) is 0 Å². The van der Waals surface area contributed by atoms with E-state index in [1.165, 1.54) is 0 Å². The van der Waals surface area contributed by atoms with E-state index in [0.717, 1.165) is 22.3 Å². The molecule has 4 rings (SSSR count). The zero-order valence-corrected chi connectivity index (χ0v) is 9.95. The lowest BCUT2D eigenvalue weighted by Gasteiger charge is -2.03. The first-order valence-electron chi connectivity index (χ1n) is 5.89. The molecule has 0 aliphatic rings. The van der Waals surface area contributed by atoms with Crippen LogP contribution in [-0.4, -0.2) is 14.4 Å². The predicted molar refractivity (Wildman–Crippen MR) is 72.6 cm³/mol. The molecule has 1 aromatic carbocycles. The van der Waals surface area contributed by atoms with Gasteiger partial charge in [-0.25, -0.2) is 4.98 Å². The topological polar surface area (TPSA) is 69.3 Å². The Morgan fingerprint density at radius 2 is 2.11 bits per heavy atom. The Morgan fingerprint density at radius 1 is 1.16 bits per heavy atom. The summed E-state index contributed by atoms with van der Waals surface area (Å²) in [6, 6.07) is 9.96. The molecule has 0 fully saturated rings. The number of pyridine rings is 1. The molecule has 92 valence electrons. The van der Waals surface area contributed by atoms with Crippen LogP contribution >= 0.6 is 0 Å². The number of hydrogen-bond acceptors (Lipinski definition) is 4. The molecular formula is C14H10N4O. The van der Waals surface area contributed by atoms with Crippen LogP contribution in [0.2, 0.25) is 0 Å². The van der Waals surface area contributed by atoms with Crippen LogP contribution in [0.1, 0.15) is 0 Å². The van der Waals surface area contributed by atoms with Crippen LogP contribution < -0.4 is 5.73 Å². The molecule has 5 nitrogen and oxygen atoms in total. The molecule has 4 aromatic rings. The summed E-state index contributed by atoms with van der Waals surface area (Å²) in [5.74, 6) is 0. The third kappa shape index (κ3) is 1.48. The van der Waals surface area contributed by atoms with Crippen molar-refractivity contribution in [3.8, 4) is 11.1 Å². The fourth-order valence-corrected chi connectivity index (χ4v) is 2.28. The quantitative estimate of drug-likeness (QED) is 0.564. The lowest BCUT2D eigenvalue weighted by atomic mass is 10.1. The Morgan fingerprint density at radius 3 is 3.05 bits per heavy atom. The van der Waals surface area contributed by atoms with E-state index in [1.807, 2.05) is 47.1 Å². The first-order valence-corrected chi connectivity index (χ1v) is 5.89. The molecule has 0 amide bonds. The summed E-state index contributed by atoms with van der Waals surface area (Å²) in [5, 5.41) is 0. The third-order valence-corrected chi connectivity index (χ3v) is 3.14. The minimum atomic E-state index is 0.186. The number of fused-ring (bicyclic) bond motifs is 2. The molecule has 19 heavy (non-hydrogen) atoms. The average molecular weight is 250 g/mol. The van der Waals surface area contributed by atoms with Crippen molar-refractivity contribution in [2.75, 3.05) is 5.73 Å². The summed E-state index contributed by atoms with van der Waals surface area (Å²) in [4.78, 5) is 8.47. The summed E-state index contributed by atoms with van der Waals surface area (Å²) < 4.78 is 7.32. The van der Waals surface area contributed by atoms with Crippen LogP contribution in [0.25, 0.3) is 27.9 Å². The summed E-state index contributed by atoms with van der Waals surface area (Å²) in [5.41, 5.74) is 10.0. The molecule has 3 heterocycles. The van der Waals surface area contributed by atoms with Gasteiger partial charge in [-0.05, 0) is 18.2 Å². The zero-order chi connectivity index (χ0) is 12.8. The maximum atomic E-state index is 5.62. The van der Waals surface area contributed by atoms with Crippen molar-refractivity contribution in [3.05, 3.63) is 48.9 Å². The van der Waals surface area contributed by atoms with Crippen LogP contribution in [0.4, 0.5) is 6.01 Å². The minimum absolute atomic E-state index is 0.186. The van der Waals surface area contributed by atoms with E-state index >= 15 is 0 Å². The fraction of sp³-hybridized carbons (Fsp3) is 0. The minimum Gasteiger partial charge on any atom is -0.424 e. The second kappa shape index (κ2) is 3.58. The number of nitrogens with two attached hydrogens (primary N) is 1. The Balaban J connectivity index is 2.02. The van der Waals surface area contributed by atoms with Crippen LogP contribution in [0.5, 0.6) is 0 Å². The van der Waals surface area contributed by atoms with Crippen molar-refractivity contribution in [1.82, 2.24) is 14.4 Å². The number of nitrogen functional groups attached to an aromatic ring is 1. The van der Waals surface area contributed by atoms with Crippen molar-refractivity contribution in [2.45, 2.75) is 0 Å². The zero-order valence-electron chi connectivity index (χ0n) is 9.95. The van der Waals surface area contributed by atoms with Crippen molar-refractivity contribution < 1.29 is 4.42 Å². The molecule has 0 saturated carbocycles.